The van der Waals surface area contributed by atoms with Crippen LogP contribution in [0.2, 0.25) is 0 Å². The zero-order valence-electron chi connectivity index (χ0n) is 10.4. The Morgan fingerprint density at radius 1 is 1.28 bits per heavy atom. The van der Waals surface area contributed by atoms with Crippen LogP contribution in [0, 0.1) is 0 Å². The molecule has 1 rings (SSSR count). The Hall–Kier alpha value is -2.17. The number of aromatic nitrogens is 1. The molecule has 1 aromatic heterocycles. The van der Waals surface area contributed by atoms with Crippen molar-refractivity contribution in [2.24, 2.45) is 0 Å². The van der Waals surface area contributed by atoms with Crippen molar-refractivity contribution in [3.63, 3.8) is 0 Å². The van der Waals surface area contributed by atoms with Crippen LogP contribution in [0.15, 0.2) is 24.5 Å². The van der Waals surface area contributed by atoms with E-state index in [1.807, 2.05) is 0 Å². The molecule has 0 bridgehead atoms. The number of nitrogens with zero attached hydrogens (tertiary/aromatic N) is 1. The van der Waals surface area contributed by atoms with Crippen molar-refractivity contribution in [1.29, 1.82) is 0 Å². The van der Waals surface area contributed by atoms with Gasteiger partial charge in [0.25, 0.3) is 0 Å². The summed E-state index contributed by atoms with van der Waals surface area (Å²) in [6.07, 6.45) is 5.72. The number of hydrogen-bond donors (Lipinski definition) is 0. The first-order chi connectivity index (χ1) is 8.69. The van der Waals surface area contributed by atoms with Gasteiger partial charge < -0.3 is 9.47 Å². The molecule has 0 saturated heterocycles. The predicted molar refractivity (Wildman–Crippen MR) is 65.9 cm³/mol. The minimum absolute atomic E-state index is 0.294. The van der Waals surface area contributed by atoms with Crippen LogP contribution >= 0.6 is 0 Å². The number of ether oxygens (including phenoxy) is 2. The third kappa shape index (κ3) is 4.01. The first kappa shape index (κ1) is 13.9. The van der Waals surface area contributed by atoms with Gasteiger partial charge in [0.05, 0.1) is 18.8 Å². The van der Waals surface area contributed by atoms with Crippen molar-refractivity contribution in [2.45, 2.75) is 13.8 Å². The maximum Gasteiger partial charge on any atom is 0.338 e. The van der Waals surface area contributed by atoms with Crippen molar-refractivity contribution < 1.29 is 19.1 Å². The van der Waals surface area contributed by atoms with Crippen LogP contribution in [-0.2, 0) is 14.3 Å². The van der Waals surface area contributed by atoms with E-state index in [0.717, 1.165) is 0 Å². The topological polar surface area (TPSA) is 65.5 Å². The largest absolute Gasteiger partial charge is 0.463 e. The van der Waals surface area contributed by atoms with E-state index in [1.165, 1.54) is 24.5 Å². The summed E-state index contributed by atoms with van der Waals surface area (Å²) in [5.74, 6) is -0.903. The molecule has 0 saturated carbocycles. The lowest BCUT2D eigenvalue weighted by Gasteiger charge is -2.04. The average molecular weight is 249 g/mol. The van der Waals surface area contributed by atoms with Gasteiger partial charge in [-0.25, -0.2) is 9.59 Å². The number of rotatable bonds is 5. The van der Waals surface area contributed by atoms with Gasteiger partial charge in [0, 0.05) is 24.0 Å². The van der Waals surface area contributed by atoms with Gasteiger partial charge >= 0.3 is 11.9 Å². The molecule has 0 aliphatic carbocycles. The molecule has 0 atom stereocenters. The van der Waals surface area contributed by atoms with Gasteiger partial charge in [-0.2, -0.15) is 0 Å². The molecule has 18 heavy (non-hydrogen) atoms. The maximum atomic E-state index is 11.6. The second-order valence-corrected chi connectivity index (χ2v) is 3.27. The standard InChI is InChI=1S/C13H15NO4/c1-3-17-12(15)6-5-10-9-14-8-7-11(10)13(16)18-4-2/h5-9H,3-4H2,1-2H3. The van der Waals surface area contributed by atoms with E-state index in [0.29, 0.717) is 24.3 Å². The van der Waals surface area contributed by atoms with Crippen molar-refractivity contribution in [3.05, 3.63) is 35.7 Å². The monoisotopic (exact) mass is 249 g/mol. The van der Waals surface area contributed by atoms with Gasteiger partial charge in [-0.3, -0.25) is 4.98 Å². The second kappa shape index (κ2) is 7.21. The maximum absolute atomic E-state index is 11.6. The highest BCUT2D eigenvalue weighted by Crippen LogP contribution is 2.10. The summed E-state index contributed by atoms with van der Waals surface area (Å²) in [4.78, 5) is 26.7. The molecule has 5 nitrogen and oxygen atoms in total. The van der Waals surface area contributed by atoms with Gasteiger partial charge in [0.1, 0.15) is 0 Å². The van der Waals surface area contributed by atoms with Crippen molar-refractivity contribution in [2.75, 3.05) is 13.2 Å². The molecule has 1 aromatic rings. The summed E-state index contributed by atoms with van der Waals surface area (Å²) in [7, 11) is 0. The third-order valence-electron chi connectivity index (χ3n) is 2.03. The Morgan fingerprint density at radius 2 is 2.00 bits per heavy atom. The van der Waals surface area contributed by atoms with E-state index in [1.54, 1.807) is 19.9 Å². The van der Waals surface area contributed by atoms with Crippen molar-refractivity contribution in [3.8, 4) is 0 Å². The fraction of sp³-hybridized carbons (Fsp3) is 0.308. The molecule has 0 unspecified atom stereocenters. The van der Waals surface area contributed by atoms with E-state index >= 15 is 0 Å². The van der Waals surface area contributed by atoms with E-state index in [2.05, 4.69) is 4.98 Å². The lowest BCUT2D eigenvalue weighted by molar-refractivity contribution is -0.137. The average Bonchev–Trinajstić information content (AvgIpc) is 2.37. The normalized spacial score (nSPS) is 10.3. The predicted octanol–water partition coefficient (Wildman–Crippen LogP) is 1.83. The van der Waals surface area contributed by atoms with E-state index in [4.69, 9.17) is 9.47 Å². The van der Waals surface area contributed by atoms with Crippen LogP contribution in [0.4, 0.5) is 0 Å². The molecule has 0 fully saturated rings. The quantitative estimate of drug-likeness (QED) is 0.588. The number of esters is 2. The molecule has 0 amide bonds. The van der Waals surface area contributed by atoms with Crippen LogP contribution in [0.25, 0.3) is 6.08 Å². The zero-order valence-corrected chi connectivity index (χ0v) is 10.4. The number of carbonyl (C=O) groups is 2. The van der Waals surface area contributed by atoms with Gasteiger partial charge in [-0.1, -0.05) is 0 Å². The minimum atomic E-state index is -0.462. The number of hydrogen-bond acceptors (Lipinski definition) is 5. The van der Waals surface area contributed by atoms with Gasteiger partial charge in [-0.05, 0) is 26.0 Å². The van der Waals surface area contributed by atoms with Gasteiger partial charge in [0.15, 0.2) is 0 Å². The fourth-order valence-corrected chi connectivity index (χ4v) is 1.28. The van der Waals surface area contributed by atoms with Gasteiger partial charge in [0.2, 0.25) is 0 Å². The summed E-state index contributed by atoms with van der Waals surface area (Å²) < 4.78 is 9.66. The Bertz CT molecular complexity index is 454. The van der Waals surface area contributed by atoms with Crippen LogP contribution in [0.1, 0.15) is 29.8 Å². The Labute approximate surface area is 105 Å². The lowest BCUT2D eigenvalue weighted by atomic mass is 10.1. The van der Waals surface area contributed by atoms with E-state index in [-0.39, 0.29) is 0 Å². The van der Waals surface area contributed by atoms with Crippen LogP contribution in [-0.4, -0.2) is 30.1 Å². The van der Waals surface area contributed by atoms with Crippen molar-refractivity contribution in [1.82, 2.24) is 4.98 Å². The Morgan fingerprint density at radius 3 is 2.67 bits per heavy atom. The lowest BCUT2D eigenvalue weighted by Crippen LogP contribution is -2.07. The molecular formula is C13H15NO4. The molecule has 0 spiro atoms. The highest BCUT2D eigenvalue weighted by atomic mass is 16.5. The summed E-state index contributed by atoms with van der Waals surface area (Å²) in [5, 5.41) is 0. The third-order valence-corrected chi connectivity index (χ3v) is 2.03. The molecule has 5 heteroatoms. The highest BCUT2D eigenvalue weighted by Gasteiger charge is 2.10. The summed E-state index contributed by atoms with van der Waals surface area (Å²) in [6, 6.07) is 1.54. The number of carbonyl (C=O) groups excluding carboxylic acids is 2. The first-order valence-electron chi connectivity index (χ1n) is 5.65. The zero-order chi connectivity index (χ0) is 13.4. The summed E-state index contributed by atoms with van der Waals surface area (Å²) in [5.41, 5.74) is 0.886. The first-order valence-corrected chi connectivity index (χ1v) is 5.65. The summed E-state index contributed by atoms with van der Waals surface area (Å²) in [6.45, 7) is 4.05. The molecule has 0 aromatic carbocycles. The van der Waals surface area contributed by atoms with E-state index in [9.17, 15) is 9.59 Å². The molecule has 0 N–H and O–H groups in total. The SMILES string of the molecule is CCOC(=O)C=Cc1cnccc1C(=O)OCC. The highest BCUT2D eigenvalue weighted by molar-refractivity contribution is 5.95. The molecule has 1 heterocycles. The summed E-state index contributed by atoms with van der Waals surface area (Å²) >= 11 is 0. The smallest absolute Gasteiger partial charge is 0.338 e. The fourth-order valence-electron chi connectivity index (χ4n) is 1.28. The molecule has 96 valence electrons. The second-order valence-electron chi connectivity index (χ2n) is 3.27. The van der Waals surface area contributed by atoms with Crippen LogP contribution in [0.3, 0.4) is 0 Å². The molecule has 0 radical (unpaired) electrons. The number of pyridine rings is 1. The van der Waals surface area contributed by atoms with Crippen LogP contribution in [0.5, 0.6) is 0 Å². The minimum Gasteiger partial charge on any atom is -0.463 e. The molecule has 0 aliphatic rings. The van der Waals surface area contributed by atoms with Crippen LogP contribution < -0.4 is 0 Å². The Balaban J connectivity index is 2.88. The van der Waals surface area contributed by atoms with Gasteiger partial charge in [-0.15, -0.1) is 0 Å². The van der Waals surface area contributed by atoms with Crippen molar-refractivity contribution >= 4 is 18.0 Å². The molecular weight excluding hydrogens is 234 g/mol. The Kier molecular flexibility index (Phi) is 5.57. The molecule has 0 aliphatic heterocycles. The van der Waals surface area contributed by atoms with E-state index < -0.39 is 11.9 Å².